The van der Waals surface area contributed by atoms with Crippen LogP contribution in [0.3, 0.4) is 0 Å². The van der Waals surface area contributed by atoms with Crippen molar-refractivity contribution in [1.82, 2.24) is 10.3 Å². The summed E-state index contributed by atoms with van der Waals surface area (Å²) in [5, 5.41) is 2.43. The van der Waals surface area contributed by atoms with Gasteiger partial charge in [-0.05, 0) is 25.5 Å². The van der Waals surface area contributed by atoms with Gasteiger partial charge in [0.05, 0.1) is 25.2 Å². The number of aryl methyl sites for hydroxylation is 1. The van der Waals surface area contributed by atoms with Crippen molar-refractivity contribution >= 4 is 18.0 Å². The molecule has 1 unspecified atom stereocenters. The van der Waals surface area contributed by atoms with Gasteiger partial charge in [0.25, 0.3) is 0 Å². The van der Waals surface area contributed by atoms with E-state index in [0.717, 1.165) is 11.3 Å². The lowest BCUT2D eigenvalue weighted by Gasteiger charge is -2.21. The third-order valence-electron chi connectivity index (χ3n) is 3.72. The van der Waals surface area contributed by atoms with Crippen LogP contribution in [0.2, 0.25) is 0 Å². The Balaban J connectivity index is 2.18. The second-order valence-electron chi connectivity index (χ2n) is 5.52. The number of rotatable bonds is 7. The smallest absolute Gasteiger partial charge is 0.249 e. The minimum absolute atomic E-state index is 0.261. The Morgan fingerprint density at radius 3 is 2.72 bits per heavy atom. The van der Waals surface area contributed by atoms with Gasteiger partial charge in [0.1, 0.15) is 23.3 Å². The number of ether oxygens (including phenoxy) is 2. The monoisotopic (exact) mass is 343 g/mol. The molecule has 0 spiro atoms. The molecule has 132 valence electrons. The van der Waals surface area contributed by atoms with Crippen LogP contribution in [-0.2, 0) is 9.59 Å². The molecule has 2 amide bonds. The van der Waals surface area contributed by atoms with E-state index in [-0.39, 0.29) is 5.91 Å². The van der Waals surface area contributed by atoms with Crippen molar-refractivity contribution in [1.29, 1.82) is 0 Å². The Kier molecular flexibility index (Phi) is 5.94. The third-order valence-corrected chi connectivity index (χ3v) is 3.72. The van der Waals surface area contributed by atoms with Crippen LogP contribution in [0.25, 0.3) is 0 Å². The zero-order valence-corrected chi connectivity index (χ0v) is 14.6. The van der Waals surface area contributed by atoms with Crippen LogP contribution in [0.1, 0.15) is 12.5 Å². The number of hydrogen-bond donors (Lipinski definition) is 1. The largest absolute Gasteiger partial charge is 0.496 e. The number of nitrogens with one attached hydrogen (secondary N) is 1. The minimum Gasteiger partial charge on any atom is -0.496 e. The summed E-state index contributed by atoms with van der Waals surface area (Å²) in [5.41, 5.74) is 1.56. The predicted molar refractivity (Wildman–Crippen MR) is 94.1 cm³/mol. The zero-order valence-electron chi connectivity index (χ0n) is 14.6. The van der Waals surface area contributed by atoms with Gasteiger partial charge in [-0.1, -0.05) is 6.07 Å². The van der Waals surface area contributed by atoms with E-state index in [0.29, 0.717) is 23.6 Å². The van der Waals surface area contributed by atoms with Gasteiger partial charge in [0.2, 0.25) is 12.3 Å². The maximum Gasteiger partial charge on any atom is 0.249 e. The topological polar surface area (TPSA) is 80.8 Å². The van der Waals surface area contributed by atoms with Crippen LogP contribution < -0.4 is 19.7 Å². The van der Waals surface area contributed by atoms with Crippen molar-refractivity contribution in [2.45, 2.75) is 19.9 Å². The number of nitrogens with zero attached hydrogens (tertiary/aromatic N) is 2. The maximum atomic E-state index is 12.2. The van der Waals surface area contributed by atoms with Crippen molar-refractivity contribution < 1.29 is 19.1 Å². The van der Waals surface area contributed by atoms with Crippen molar-refractivity contribution in [2.24, 2.45) is 0 Å². The number of hydrogen-bond acceptors (Lipinski definition) is 5. The molecule has 0 aliphatic heterocycles. The van der Waals surface area contributed by atoms with Crippen molar-refractivity contribution in [2.75, 3.05) is 19.1 Å². The molecule has 1 aromatic heterocycles. The summed E-state index contributed by atoms with van der Waals surface area (Å²) in [7, 11) is 3.21. The van der Waals surface area contributed by atoms with Crippen molar-refractivity contribution in [3.05, 3.63) is 42.2 Å². The van der Waals surface area contributed by atoms with E-state index in [1.54, 1.807) is 45.6 Å². The molecule has 1 atom stereocenters. The summed E-state index contributed by atoms with van der Waals surface area (Å²) < 4.78 is 11.1. The Bertz CT molecular complexity index is 764. The summed E-state index contributed by atoms with van der Waals surface area (Å²) in [6.45, 7) is 3.56. The first-order valence-corrected chi connectivity index (χ1v) is 7.71. The molecule has 0 fully saturated rings. The average molecular weight is 343 g/mol. The van der Waals surface area contributed by atoms with E-state index in [1.165, 1.54) is 4.90 Å². The van der Waals surface area contributed by atoms with E-state index in [2.05, 4.69) is 10.3 Å². The molecular formula is C18H21N3O4. The van der Waals surface area contributed by atoms with Gasteiger partial charge < -0.3 is 19.7 Å². The van der Waals surface area contributed by atoms with E-state index >= 15 is 0 Å². The normalized spacial score (nSPS) is 11.4. The van der Waals surface area contributed by atoms with Crippen LogP contribution in [0.5, 0.6) is 17.2 Å². The molecule has 0 bridgehead atoms. The summed E-state index contributed by atoms with van der Waals surface area (Å²) in [6, 6.07) is 6.58. The van der Waals surface area contributed by atoms with Gasteiger partial charge in [-0.15, -0.1) is 0 Å². The van der Waals surface area contributed by atoms with Gasteiger partial charge in [0, 0.05) is 19.2 Å². The summed E-state index contributed by atoms with van der Waals surface area (Å²) >= 11 is 0. The quantitative estimate of drug-likeness (QED) is 0.780. The molecule has 0 saturated carbocycles. The fourth-order valence-electron chi connectivity index (χ4n) is 2.24. The van der Waals surface area contributed by atoms with Crippen molar-refractivity contribution in [3.63, 3.8) is 0 Å². The molecule has 1 aromatic carbocycles. The number of aromatic nitrogens is 1. The van der Waals surface area contributed by atoms with Gasteiger partial charge in [-0.2, -0.15) is 0 Å². The van der Waals surface area contributed by atoms with Crippen LogP contribution in [0, 0.1) is 6.92 Å². The number of likely N-dealkylation sites (N-methyl/N-ethyl adjacent to an activating group) is 1. The second kappa shape index (κ2) is 8.14. The molecule has 2 aromatic rings. The average Bonchev–Trinajstić information content (AvgIpc) is 2.62. The zero-order chi connectivity index (χ0) is 18.4. The summed E-state index contributed by atoms with van der Waals surface area (Å²) in [4.78, 5) is 28.3. The van der Waals surface area contributed by atoms with Crippen LogP contribution in [0.15, 0.2) is 36.7 Å². The van der Waals surface area contributed by atoms with E-state index in [9.17, 15) is 9.59 Å². The lowest BCUT2D eigenvalue weighted by atomic mass is 10.2. The Morgan fingerprint density at radius 2 is 2.04 bits per heavy atom. The van der Waals surface area contributed by atoms with Crippen LogP contribution in [-0.4, -0.2) is 37.5 Å². The summed E-state index contributed by atoms with van der Waals surface area (Å²) in [6.07, 6.45) is 3.61. The van der Waals surface area contributed by atoms with E-state index < -0.39 is 6.04 Å². The highest BCUT2D eigenvalue weighted by Crippen LogP contribution is 2.29. The highest BCUT2D eigenvalue weighted by Gasteiger charge is 2.18. The lowest BCUT2D eigenvalue weighted by Crippen LogP contribution is -2.42. The van der Waals surface area contributed by atoms with Crippen LogP contribution in [0.4, 0.5) is 5.69 Å². The molecule has 2 rings (SSSR count). The van der Waals surface area contributed by atoms with Gasteiger partial charge in [0.15, 0.2) is 0 Å². The molecule has 7 nitrogen and oxygen atoms in total. The van der Waals surface area contributed by atoms with Crippen LogP contribution >= 0.6 is 0 Å². The molecule has 25 heavy (non-hydrogen) atoms. The number of amides is 2. The van der Waals surface area contributed by atoms with E-state index in [4.69, 9.17) is 9.47 Å². The third kappa shape index (κ3) is 4.47. The van der Waals surface area contributed by atoms with E-state index in [1.807, 2.05) is 19.1 Å². The lowest BCUT2D eigenvalue weighted by molar-refractivity contribution is -0.122. The Hall–Kier alpha value is -3.09. The van der Waals surface area contributed by atoms with Gasteiger partial charge in [-0.3, -0.25) is 14.6 Å². The first kappa shape index (κ1) is 18.3. The van der Waals surface area contributed by atoms with Gasteiger partial charge in [-0.25, -0.2) is 0 Å². The fraction of sp³-hybridized carbons (Fsp3) is 0.278. The standard InChI is InChI=1S/C18H21N3O4/c1-12-5-6-15(8-17(12)24-4)25-16-7-14(9-19-10-16)21(3)18(23)13(2)20-11-22/h5-11,13H,1-4H3,(H,20,22). The molecule has 7 heteroatoms. The molecular weight excluding hydrogens is 322 g/mol. The maximum absolute atomic E-state index is 12.2. The predicted octanol–water partition coefficient (Wildman–Crippen LogP) is 2.29. The number of pyridine rings is 1. The second-order valence-corrected chi connectivity index (χ2v) is 5.52. The SMILES string of the molecule is COc1cc(Oc2cncc(N(C)C(=O)C(C)NC=O)c2)ccc1C. The first-order valence-electron chi connectivity index (χ1n) is 7.71. The molecule has 0 aliphatic rings. The fourth-order valence-corrected chi connectivity index (χ4v) is 2.24. The number of carbonyl (C=O) groups is 2. The molecule has 1 heterocycles. The number of anilines is 1. The molecule has 0 saturated heterocycles. The first-order chi connectivity index (χ1) is 12.0. The Morgan fingerprint density at radius 1 is 1.28 bits per heavy atom. The number of methoxy groups -OCH3 is 1. The molecule has 0 radical (unpaired) electrons. The Labute approximate surface area is 146 Å². The molecule has 1 N–H and O–H groups in total. The highest BCUT2D eigenvalue weighted by atomic mass is 16.5. The van der Waals surface area contributed by atoms with Crippen molar-refractivity contribution in [3.8, 4) is 17.2 Å². The highest BCUT2D eigenvalue weighted by molar-refractivity contribution is 5.97. The molecule has 0 aliphatic carbocycles. The summed E-state index contributed by atoms with van der Waals surface area (Å²) in [5.74, 6) is 1.55. The van der Waals surface area contributed by atoms with Gasteiger partial charge >= 0.3 is 0 Å². The number of carbonyl (C=O) groups excluding carboxylic acids is 2. The minimum atomic E-state index is -0.631. The number of benzene rings is 1.